The Kier molecular flexibility index (Phi) is 10.1. The smallest absolute Gasteiger partial charge is 0.0478 e. The molecule has 21 heavy (non-hydrogen) atoms. The van der Waals surface area contributed by atoms with Gasteiger partial charge in [-0.3, -0.25) is 0 Å². The fraction of sp³-hybridized carbons (Fsp3) is 0.647. The number of hydrogen-bond acceptors (Lipinski definition) is 2. The Morgan fingerprint density at radius 3 is 2.48 bits per heavy atom. The van der Waals surface area contributed by atoms with Crippen molar-refractivity contribution < 1.29 is 4.74 Å². The zero-order valence-corrected chi connectivity index (χ0v) is 14.3. The summed E-state index contributed by atoms with van der Waals surface area (Å²) in [6.45, 7) is 5.49. The number of rotatable bonds is 8. The van der Waals surface area contributed by atoms with E-state index in [1.165, 1.54) is 44.5 Å². The molecule has 0 saturated carbocycles. The average Bonchev–Trinajstić information content (AvgIpc) is 2.49. The highest BCUT2D eigenvalue weighted by molar-refractivity contribution is 6.31. The van der Waals surface area contributed by atoms with Crippen molar-refractivity contribution in [2.24, 2.45) is 0 Å². The summed E-state index contributed by atoms with van der Waals surface area (Å²) in [5.41, 5.74) is 1.23. The van der Waals surface area contributed by atoms with Crippen LogP contribution >= 0.6 is 24.0 Å². The van der Waals surface area contributed by atoms with E-state index in [9.17, 15) is 0 Å². The number of nitrogens with zero attached hydrogens (tertiary/aromatic N) is 1. The number of aryl methyl sites for hydroxylation is 1. The molecule has 2 nitrogen and oxygen atoms in total. The van der Waals surface area contributed by atoms with Crippen LogP contribution in [0.2, 0.25) is 5.02 Å². The summed E-state index contributed by atoms with van der Waals surface area (Å²) in [4.78, 5) is 2.57. The van der Waals surface area contributed by atoms with Crippen LogP contribution in [0.1, 0.15) is 37.7 Å². The molecule has 1 aromatic carbocycles. The van der Waals surface area contributed by atoms with E-state index in [4.69, 9.17) is 16.3 Å². The van der Waals surface area contributed by atoms with Crippen molar-refractivity contribution in [2.45, 2.75) is 38.5 Å². The summed E-state index contributed by atoms with van der Waals surface area (Å²) < 4.78 is 5.72. The van der Waals surface area contributed by atoms with Crippen molar-refractivity contribution in [1.29, 1.82) is 0 Å². The fourth-order valence-corrected chi connectivity index (χ4v) is 2.97. The van der Waals surface area contributed by atoms with Crippen molar-refractivity contribution in [1.82, 2.24) is 4.90 Å². The second-order valence-corrected chi connectivity index (χ2v) is 5.97. The van der Waals surface area contributed by atoms with Gasteiger partial charge < -0.3 is 9.64 Å². The molecule has 0 bridgehead atoms. The molecule has 0 N–H and O–H groups in total. The second-order valence-electron chi connectivity index (χ2n) is 5.56. The first kappa shape index (κ1) is 18.8. The van der Waals surface area contributed by atoms with Crippen LogP contribution in [0.3, 0.4) is 0 Å². The summed E-state index contributed by atoms with van der Waals surface area (Å²) in [6, 6.07) is 8.07. The van der Waals surface area contributed by atoms with E-state index >= 15 is 0 Å². The monoisotopic (exact) mass is 331 g/mol. The van der Waals surface area contributed by atoms with Gasteiger partial charge >= 0.3 is 0 Å². The maximum atomic E-state index is 6.13. The van der Waals surface area contributed by atoms with Gasteiger partial charge in [0.25, 0.3) is 0 Å². The number of ether oxygens (including phenoxy) is 1. The van der Waals surface area contributed by atoms with Gasteiger partial charge in [-0.05, 0) is 56.8 Å². The van der Waals surface area contributed by atoms with E-state index in [-0.39, 0.29) is 12.4 Å². The molecular formula is C17H27Cl2NO. The second kappa shape index (κ2) is 11.3. The lowest BCUT2D eigenvalue weighted by molar-refractivity contribution is 0.115. The normalized spacial score (nSPS) is 15.7. The molecule has 0 unspecified atom stereocenters. The van der Waals surface area contributed by atoms with E-state index in [0.717, 1.165) is 37.5 Å². The molecule has 0 aliphatic carbocycles. The molecule has 0 radical (unpaired) electrons. The van der Waals surface area contributed by atoms with Crippen LogP contribution in [-0.4, -0.2) is 37.7 Å². The molecule has 1 aromatic rings. The summed E-state index contributed by atoms with van der Waals surface area (Å²) in [6.07, 6.45) is 7.37. The third-order valence-electron chi connectivity index (χ3n) is 3.90. The molecule has 0 amide bonds. The largest absolute Gasteiger partial charge is 0.381 e. The molecule has 1 saturated heterocycles. The molecule has 4 heteroatoms. The lowest BCUT2D eigenvalue weighted by Gasteiger charge is -2.26. The van der Waals surface area contributed by atoms with Crippen molar-refractivity contribution in [2.75, 3.05) is 32.8 Å². The molecule has 120 valence electrons. The van der Waals surface area contributed by atoms with Crippen LogP contribution in [0.25, 0.3) is 0 Å². The highest BCUT2D eigenvalue weighted by Crippen LogP contribution is 2.16. The first-order chi connectivity index (χ1) is 9.86. The third-order valence-corrected chi connectivity index (χ3v) is 4.27. The average molecular weight is 332 g/mol. The SMILES string of the molecule is Cl.Clc1ccccc1CCCOCCCN1CCCCC1. The summed E-state index contributed by atoms with van der Waals surface area (Å²) in [7, 11) is 0. The molecule has 1 aliphatic heterocycles. The highest BCUT2D eigenvalue weighted by Gasteiger charge is 2.08. The zero-order chi connectivity index (χ0) is 14.0. The predicted octanol–water partition coefficient (Wildman–Crippen LogP) is 4.59. The summed E-state index contributed by atoms with van der Waals surface area (Å²) in [5.74, 6) is 0. The first-order valence-electron chi connectivity index (χ1n) is 7.90. The topological polar surface area (TPSA) is 12.5 Å². The number of halogens is 2. The number of likely N-dealkylation sites (tertiary alicyclic amines) is 1. The molecule has 2 rings (SSSR count). The number of benzene rings is 1. The molecular weight excluding hydrogens is 305 g/mol. The van der Waals surface area contributed by atoms with Crippen molar-refractivity contribution in [3.63, 3.8) is 0 Å². The lowest BCUT2D eigenvalue weighted by Crippen LogP contribution is -2.31. The van der Waals surface area contributed by atoms with Gasteiger partial charge in [-0.25, -0.2) is 0 Å². The first-order valence-corrected chi connectivity index (χ1v) is 8.27. The van der Waals surface area contributed by atoms with E-state index in [1.54, 1.807) is 0 Å². The molecule has 0 aromatic heterocycles. The van der Waals surface area contributed by atoms with Crippen LogP contribution in [0, 0.1) is 0 Å². The van der Waals surface area contributed by atoms with Crippen LogP contribution in [0.15, 0.2) is 24.3 Å². The Morgan fingerprint density at radius 1 is 1.00 bits per heavy atom. The Labute approximate surface area is 140 Å². The summed E-state index contributed by atoms with van der Waals surface area (Å²) in [5, 5.41) is 0.873. The lowest BCUT2D eigenvalue weighted by atomic mass is 10.1. The number of hydrogen-bond donors (Lipinski definition) is 0. The van der Waals surface area contributed by atoms with Crippen LogP contribution < -0.4 is 0 Å². The van der Waals surface area contributed by atoms with Crippen molar-refractivity contribution in [3.05, 3.63) is 34.9 Å². The molecule has 0 spiro atoms. The van der Waals surface area contributed by atoms with E-state index in [2.05, 4.69) is 11.0 Å². The van der Waals surface area contributed by atoms with E-state index in [1.807, 2.05) is 18.2 Å². The predicted molar refractivity (Wildman–Crippen MR) is 92.7 cm³/mol. The van der Waals surface area contributed by atoms with Gasteiger partial charge in [0.05, 0.1) is 0 Å². The molecule has 1 aliphatic rings. The molecule has 0 atom stereocenters. The van der Waals surface area contributed by atoms with E-state index < -0.39 is 0 Å². The zero-order valence-electron chi connectivity index (χ0n) is 12.7. The van der Waals surface area contributed by atoms with Gasteiger partial charge in [0.1, 0.15) is 0 Å². The number of piperidine rings is 1. The Balaban J connectivity index is 0.00000220. The highest BCUT2D eigenvalue weighted by atomic mass is 35.5. The van der Waals surface area contributed by atoms with Crippen molar-refractivity contribution in [3.8, 4) is 0 Å². The van der Waals surface area contributed by atoms with Crippen molar-refractivity contribution >= 4 is 24.0 Å². The minimum Gasteiger partial charge on any atom is -0.381 e. The van der Waals surface area contributed by atoms with Gasteiger partial charge in [-0.2, -0.15) is 0 Å². The fourth-order valence-electron chi connectivity index (χ4n) is 2.74. The van der Waals surface area contributed by atoms with Gasteiger partial charge in [0, 0.05) is 24.8 Å². The van der Waals surface area contributed by atoms with Gasteiger partial charge in [-0.1, -0.05) is 36.2 Å². The maximum absolute atomic E-state index is 6.13. The summed E-state index contributed by atoms with van der Waals surface area (Å²) >= 11 is 6.13. The quantitative estimate of drug-likeness (QED) is 0.646. The standard InChI is InChI=1S/C17H26ClNO.ClH/c18-17-10-3-2-8-16(17)9-6-14-20-15-7-13-19-11-4-1-5-12-19;/h2-3,8,10H,1,4-7,9,11-15H2;1H. The third kappa shape index (κ3) is 7.51. The van der Waals surface area contributed by atoms with E-state index in [0.29, 0.717) is 0 Å². The maximum Gasteiger partial charge on any atom is 0.0478 e. The molecule has 1 fully saturated rings. The Hall–Kier alpha value is -0.280. The van der Waals surface area contributed by atoms with Crippen LogP contribution in [0.5, 0.6) is 0 Å². The van der Waals surface area contributed by atoms with Crippen LogP contribution in [-0.2, 0) is 11.2 Å². The van der Waals surface area contributed by atoms with Gasteiger partial charge in [0.2, 0.25) is 0 Å². The minimum atomic E-state index is 0. The Morgan fingerprint density at radius 2 is 1.71 bits per heavy atom. The minimum absolute atomic E-state index is 0. The Bertz CT molecular complexity index is 381. The molecule has 1 heterocycles. The van der Waals surface area contributed by atoms with Gasteiger partial charge in [0.15, 0.2) is 0 Å². The van der Waals surface area contributed by atoms with Crippen LogP contribution in [0.4, 0.5) is 0 Å². The van der Waals surface area contributed by atoms with Gasteiger partial charge in [-0.15, -0.1) is 12.4 Å².